The molecule has 23 heavy (non-hydrogen) atoms. The van der Waals surface area contributed by atoms with Crippen molar-refractivity contribution < 1.29 is 9.53 Å². The number of anilines is 1. The lowest BCUT2D eigenvalue weighted by atomic mass is 10.2. The van der Waals surface area contributed by atoms with Crippen molar-refractivity contribution in [3.63, 3.8) is 0 Å². The Kier molecular flexibility index (Phi) is 4.19. The van der Waals surface area contributed by atoms with Crippen LogP contribution in [0.3, 0.4) is 0 Å². The standard InChI is InChI=1S/C18H17N3O2/c1-3-23-16-11-7-6-10-15(16)21-18(22)17-12(2)19-13-8-4-5-9-14(13)20-17/h4-11H,3H2,1-2H3,(H,21,22). The van der Waals surface area contributed by atoms with Crippen LogP contribution in [-0.2, 0) is 0 Å². The highest BCUT2D eigenvalue weighted by atomic mass is 16.5. The van der Waals surface area contributed by atoms with Crippen LogP contribution < -0.4 is 10.1 Å². The molecule has 0 spiro atoms. The first-order chi connectivity index (χ1) is 11.2. The van der Waals surface area contributed by atoms with Crippen LogP contribution in [0.5, 0.6) is 5.75 Å². The number of para-hydroxylation sites is 4. The van der Waals surface area contributed by atoms with Gasteiger partial charge < -0.3 is 10.1 Å². The smallest absolute Gasteiger partial charge is 0.276 e. The fraction of sp³-hybridized carbons (Fsp3) is 0.167. The molecule has 3 rings (SSSR count). The molecule has 116 valence electrons. The summed E-state index contributed by atoms with van der Waals surface area (Å²) in [5.41, 5.74) is 3.00. The first kappa shape index (κ1) is 15.0. The minimum absolute atomic E-state index is 0.298. The van der Waals surface area contributed by atoms with E-state index >= 15 is 0 Å². The summed E-state index contributed by atoms with van der Waals surface area (Å²) >= 11 is 0. The third-order valence-electron chi connectivity index (χ3n) is 3.40. The summed E-state index contributed by atoms with van der Waals surface area (Å²) in [7, 11) is 0. The number of nitrogens with one attached hydrogen (secondary N) is 1. The Bertz CT molecular complexity index is 862. The van der Waals surface area contributed by atoms with Crippen LogP contribution in [0.15, 0.2) is 48.5 Å². The molecule has 3 aromatic rings. The Labute approximate surface area is 134 Å². The number of fused-ring (bicyclic) bond motifs is 1. The van der Waals surface area contributed by atoms with E-state index in [4.69, 9.17) is 4.74 Å². The second-order valence-electron chi connectivity index (χ2n) is 5.03. The summed E-state index contributed by atoms with van der Waals surface area (Å²) in [6.45, 7) is 4.21. The highest BCUT2D eigenvalue weighted by molar-refractivity contribution is 6.05. The molecular weight excluding hydrogens is 290 g/mol. The number of hydrogen-bond donors (Lipinski definition) is 1. The highest BCUT2D eigenvalue weighted by Crippen LogP contribution is 2.24. The molecule has 0 aliphatic carbocycles. The molecular formula is C18H17N3O2. The molecule has 2 aromatic carbocycles. The van der Waals surface area contributed by atoms with E-state index < -0.39 is 0 Å². The van der Waals surface area contributed by atoms with Crippen molar-refractivity contribution >= 4 is 22.6 Å². The molecule has 0 radical (unpaired) electrons. The summed E-state index contributed by atoms with van der Waals surface area (Å²) in [4.78, 5) is 21.4. The Balaban J connectivity index is 1.93. The third-order valence-corrected chi connectivity index (χ3v) is 3.40. The second kappa shape index (κ2) is 6.44. The summed E-state index contributed by atoms with van der Waals surface area (Å²) in [5, 5.41) is 2.85. The van der Waals surface area contributed by atoms with E-state index in [0.717, 1.165) is 5.52 Å². The van der Waals surface area contributed by atoms with Gasteiger partial charge in [-0.3, -0.25) is 4.79 Å². The summed E-state index contributed by atoms with van der Waals surface area (Å²) in [6.07, 6.45) is 0. The fourth-order valence-electron chi connectivity index (χ4n) is 2.34. The summed E-state index contributed by atoms with van der Waals surface area (Å²) in [6, 6.07) is 14.8. The van der Waals surface area contributed by atoms with Crippen LogP contribution in [0.25, 0.3) is 11.0 Å². The van der Waals surface area contributed by atoms with Crippen LogP contribution in [0.4, 0.5) is 5.69 Å². The Hall–Kier alpha value is -2.95. The van der Waals surface area contributed by atoms with Gasteiger partial charge in [0.1, 0.15) is 11.4 Å². The van der Waals surface area contributed by atoms with Crippen molar-refractivity contribution in [2.75, 3.05) is 11.9 Å². The first-order valence-corrected chi connectivity index (χ1v) is 7.45. The van der Waals surface area contributed by atoms with Gasteiger partial charge in [0.25, 0.3) is 5.91 Å². The maximum absolute atomic E-state index is 12.6. The number of carbonyl (C=O) groups is 1. The lowest BCUT2D eigenvalue weighted by Crippen LogP contribution is -2.17. The first-order valence-electron chi connectivity index (χ1n) is 7.45. The average molecular weight is 307 g/mol. The van der Waals surface area contributed by atoms with E-state index in [1.807, 2.05) is 49.4 Å². The summed E-state index contributed by atoms with van der Waals surface area (Å²) < 4.78 is 5.52. The monoisotopic (exact) mass is 307 g/mol. The number of amides is 1. The largest absolute Gasteiger partial charge is 0.492 e. The van der Waals surface area contributed by atoms with Crippen molar-refractivity contribution in [3.05, 3.63) is 59.9 Å². The summed E-state index contributed by atoms with van der Waals surface area (Å²) in [5.74, 6) is 0.336. The van der Waals surface area contributed by atoms with Gasteiger partial charge in [-0.1, -0.05) is 24.3 Å². The number of rotatable bonds is 4. The quantitative estimate of drug-likeness (QED) is 0.800. The number of benzene rings is 2. The molecule has 1 amide bonds. The minimum atomic E-state index is -0.298. The number of nitrogens with zero attached hydrogens (tertiary/aromatic N) is 2. The molecule has 0 unspecified atom stereocenters. The maximum atomic E-state index is 12.6. The number of aromatic nitrogens is 2. The molecule has 0 saturated carbocycles. The van der Waals surface area contributed by atoms with Crippen LogP contribution in [0.2, 0.25) is 0 Å². The van der Waals surface area contributed by atoms with Gasteiger partial charge in [0.15, 0.2) is 0 Å². The van der Waals surface area contributed by atoms with Crippen LogP contribution >= 0.6 is 0 Å². The number of ether oxygens (including phenoxy) is 1. The highest BCUT2D eigenvalue weighted by Gasteiger charge is 2.15. The van der Waals surface area contributed by atoms with Gasteiger partial charge >= 0.3 is 0 Å². The lowest BCUT2D eigenvalue weighted by Gasteiger charge is -2.12. The van der Waals surface area contributed by atoms with Crippen molar-refractivity contribution in [3.8, 4) is 5.75 Å². The van der Waals surface area contributed by atoms with E-state index in [9.17, 15) is 4.79 Å². The van der Waals surface area contributed by atoms with Crippen molar-refractivity contribution in [2.45, 2.75) is 13.8 Å². The van der Waals surface area contributed by atoms with Gasteiger partial charge in [-0.15, -0.1) is 0 Å². The topological polar surface area (TPSA) is 64.1 Å². The predicted octanol–water partition coefficient (Wildman–Crippen LogP) is 3.59. The molecule has 1 N–H and O–H groups in total. The zero-order valence-electron chi connectivity index (χ0n) is 13.0. The normalized spacial score (nSPS) is 10.5. The molecule has 0 aliphatic heterocycles. The molecule has 0 aliphatic rings. The van der Waals surface area contributed by atoms with Gasteiger partial charge in [-0.05, 0) is 38.1 Å². The Morgan fingerprint density at radius 2 is 1.70 bits per heavy atom. The van der Waals surface area contributed by atoms with Gasteiger partial charge in [0.2, 0.25) is 0 Å². The molecule has 1 aromatic heterocycles. The van der Waals surface area contributed by atoms with Crippen LogP contribution in [0.1, 0.15) is 23.1 Å². The third kappa shape index (κ3) is 3.13. The zero-order chi connectivity index (χ0) is 16.2. The zero-order valence-corrected chi connectivity index (χ0v) is 13.0. The lowest BCUT2D eigenvalue weighted by molar-refractivity contribution is 0.102. The van der Waals surface area contributed by atoms with E-state index in [0.29, 0.717) is 34.9 Å². The SMILES string of the molecule is CCOc1ccccc1NC(=O)c1nc2ccccc2nc1C. The maximum Gasteiger partial charge on any atom is 0.276 e. The second-order valence-corrected chi connectivity index (χ2v) is 5.03. The average Bonchev–Trinajstić information content (AvgIpc) is 2.56. The number of hydrogen-bond acceptors (Lipinski definition) is 4. The molecule has 0 fully saturated rings. The Morgan fingerprint density at radius 1 is 1.04 bits per heavy atom. The Morgan fingerprint density at radius 3 is 2.43 bits per heavy atom. The predicted molar refractivity (Wildman–Crippen MR) is 89.8 cm³/mol. The van der Waals surface area contributed by atoms with E-state index in [-0.39, 0.29) is 5.91 Å². The van der Waals surface area contributed by atoms with Crippen molar-refractivity contribution in [1.29, 1.82) is 0 Å². The molecule has 1 heterocycles. The van der Waals surface area contributed by atoms with Crippen molar-refractivity contribution in [1.82, 2.24) is 9.97 Å². The van der Waals surface area contributed by atoms with Gasteiger partial charge in [-0.2, -0.15) is 0 Å². The minimum Gasteiger partial charge on any atom is -0.492 e. The molecule has 0 saturated heterocycles. The number of carbonyl (C=O) groups excluding carboxylic acids is 1. The molecule has 0 bridgehead atoms. The molecule has 0 atom stereocenters. The van der Waals surface area contributed by atoms with E-state index in [1.165, 1.54) is 0 Å². The van der Waals surface area contributed by atoms with E-state index in [1.54, 1.807) is 13.0 Å². The van der Waals surface area contributed by atoms with Crippen molar-refractivity contribution in [2.24, 2.45) is 0 Å². The van der Waals surface area contributed by atoms with Crippen LogP contribution in [0, 0.1) is 6.92 Å². The fourth-order valence-corrected chi connectivity index (χ4v) is 2.34. The van der Waals surface area contributed by atoms with E-state index in [2.05, 4.69) is 15.3 Å². The molecule has 5 heteroatoms. The van der Waals surface area contributed by atoms with Gasteiger partial charge in [0.05, 0.1) is 29.0 Å². The van der Waals surface area contributed by atoms with Gasteiger partial charge in [-0.25, -0.2) is 9.97 Å². The van der Waals surface area contributed by atoms with Gasteiger partial charge in [0, 0.05) is 0 Å². The van der Waals surface area contributed by atoms with Crippen LogP contribution in [-0.4, -0.2) is 22.5 Å². The molecule has 5 nitrogen and oxygen atoms in total. The number of aryl methyl sites for hydroxylation is 1.